The van der Waals surface area contributed by atoms with E-state index in [-0.39, 0.29) is 4.90 Å². The molecule has 2 aromatic carbocycles. The first-order valence-corrected chi connectivity index (χ1v) is 14.1. The molecule has 2 aliphatic rings. The maximum atomic E-state index is 13.0. The Hall–Kier alpha value is -2.57. The summed E-state index contributed by atoms with van der Waals surface area (Å²) >= 11 is 11.8. The molecule has 2 aliphatic heterocycles. The van der Waals surface area contributed by atoms with Crippen LogP contribution in [0.2, 0.25) is 5.02 Å². The molecule has 3 heterocycles. The lowest BCUT2D eigenvalue weighted by molar-refractivity contribution is 0.0730. The van der Waals surface area contributed by atoms with Crippen LogP contribution in [0.4, 0.5) is 11.4 Å². The maximum absolute atomic E-state index is 13.0. The highest BCUT2D eigenvalue weighted by Gasteiger charge is 2.27. The molecule has 9 nitrogen and oxygen atoms in total. The van der Waals surface area contributed by atoms with Gasteiger partial charge in [-0.3, -0.25) is 0 Å². The van der Waals surface area contributed by atoms with Crippen LogP contribution in [0.25, 0.3) is 11.4 Å². The van der Waals surface area contributed by atoms with Crippen LogP contribution >= 0.6 is 23.8 Å². The van der Waals surface area contributed by atoms with E-state index in [1.807, 2.05) is 24.3 Å². The summed E-state index contributed by atoms with van der Waals surface area (Å²) in [5.41, 5.74) is 2.18. The predicted molar refractivity (Wildman–Crippen MR) is 144 cm³/mol. The van der Waals surface area contributed by atoms with Crippen molar-refractivity contribution in [2.45, 2.75) is 37.1 Å². The molecule has 2 N–H and O–H groups in total. The normalized spacial score (nSPS) is 16.7. The average Bonchev–Trinajstić information content (AvgIpc) is 3.14. The lowest BCUT2D eigenvalue weighted by Crippen LogP contribution is -2.40. The molecule has 0 aliphatic carbocycles. The Bertz CT molecular complexity index is 1350. The van der Waals surface area contributed by atoms with Crippen LogP contribution in [-0.2, 0) is 27.7 Å². The second-order valence-electron chi connectivity index (χ2n) is 8.72. The standard InChI is InChI=1S/C24H27ClN6O3S2/c25-20-10-9-19(36(32,33)30-12-14-34-15-13-30)16-21(20)27-24(35)26-18-7-5-17(6-8-18)23-29-28-22-4-2-1-3-11-31(22)23/h5-10,16H,1-4,11-15H2,(H2,26,27,35). The van der Waals surface area contributed by atoms with Gasteiger partial charge in [0, 0.05) is 37.3 Å². The Morgan fingerprint density at radius 2 is 1.75 bits per heavy atom. The molecular weight excluding hydrogens is 520 g/mol. The van der Waals surface area contributed by atoms with E-state index in [0.29, 0.717) is 42.1 Å². The number of ether oxygens (including phenoxy) is 1. The first-order chi connectivity index (χ1) is 17.4. The van der Waals surface area contributed by atoms with Gasteiger partial charge in [0.2, 0.25) is 10.0 Å². The van der Waals surface area contributed by atoms with E-state index >= 15 is 0 Å². The number of thiocarbonyl (C=S) groups is 1. The molecule has 0 bridgehead atoms. The molecule has 0 amide bonds. The quantitative estimate of drug-likeness (QED) is 0.460. The summed E-state index contributed by atoms with van der Waals surface area (Å²) in [5.74, 6) is 1.93. The SMILES string of the molecule is O=S(=O)(c1ccc(Cl)c(NC(=S)Nc2ccc(-c3nnc4n3CCCCC4)cc2)c1)N1CCOCC1. The molecule has 0 spiro atoms. The van der Waals surface area contributed by atoms with Crippen LogP contribution in [-0.4, -0.2) is 58.9 Å². The number of fused-ring (bicyclic) bond motifs is 1. The van der Waals surface area contributed by atoms with Crippen LogP contribution in [0.1, 0.15) is 25.1 Å². The van der Waals surface area contributed by atoms with E-state index in [1.165, 1.54) is 22.9 Å². The Morgan fingerprint density at radius 3 is 2.53 bits per heavy atom. The third-order valence-electron chi connectivity index (χ3n) is 6.30. The summed E-state index contributed by atoms with van der Waals surface area (Å²) in [6, 6.07) is 12.4. The molecule has 1 saturated heterocycles. The summed E-state index contributed by atoms with van der Waals surface area (Å²) in [7, 11) is -3.65. The molecule has 1 aromatic heterocycles. The van der Waals surface area contributed by atoms with E-state index in [2.05, 4.69) is 25.4 Å². The summed E-state index contributed by atoms with van der Waals surface area (Å²) in [6.07, 6.45) is 4.46. The highest BCUT2D eigenvalue weighted by Crippen LogP contribution is 2.28. The number of anilines is 2. The number of halogens is 1. The topological polar surface area (TPSA) is 101 Å². The average molecular weight is 547 g/mol. The molecule has 12 heteroatoms. The lowest BCUT2D eigenvalue weighted by Gasteiger charge is -2.26. The van der Waals surface area contributed by atoms with Gasteiger partial charge in [0.1, 0.15) is 5.82 Å². The second-order valence-corrected chi connectivity index (χ2v) is 11.5. The summed E-state index contributed by atoms with van der Waals surface area (Å²) in [4.78, 5) is 0.149. The van der Waals surface area contributed by atoms with Gasteiger partial charge in [0.05, 0.1) is 28.8 Å². The van der Waals surface area contributed by atoms with Crippen molar-refractivity contribution >= 4 is 50.3 Å². The smallest absolute Gasteiger partial charge is 0.243 e. The van der Waals surface area contributed by atoms with E-state index in [1.54, 1.807) is 6.07 Å². The van der Waals surface area contributed by atoms with E-state index in [9.17, 15) is 8.42 Å². The number of morpholine rings is 1. The first-order valence-electron chi connectivity index (χ1n) is 11.9. The van der Waals surface area contributed by atoms with Crippen LogP contribution < -0.4 is 10.6 Å². The summed E-state index contributed by atoms with van der Waals surface area (Å²) in [5, 5.41) is 15.6. The third kappa shape index (κ3) is 5.40. The van der Waals surface area contributed by atoms with Crippen molar-refractivity contribution in [2.24, 2.45) is 0 Å². The van der Waals surface area contributed by atoms with Crippen molar-refractivity contribution in [3.63, 3.8) is 0 Å². The van der Waals surface area contributed by atoms with Crippen molar-refractivity contribution < 1.29 is 13.2 Å². The first kappa shape index (κ1) is 25.1. The van der Waals surface area contributed by atoms with Gasteiger partial charge in [-0.15, -0.1) is 10.2 Å². The van der Waals surface area contributed by atoms with Gasteiger partial charge in [0.25, 0.3) is 0 Å². The number of sulfonamides is 1. The number of hydrogen-bond donors (Lipinski definition) is 2. The fourth-order valence-electron chi connectivity index (χ4n) is 4.38. The van der Waals surface area contributed by atoms with Gasteiger partial charge in [-0.1, -0.05) is 18.0 Å². The van der Waals surface area contributed by atoms with Crippen LogP contribution in [0, 0.1) is 0 Å². The minimum absolute atomic E-state index is 0.149. The minimum Gasteiger partial charge on any atom is -0.379 e. The Morgan fingerprint density at radius 1 is 0.972 bits per heavy atom. The van der Waals surface area contributed by atoms with Crippen molar-refractivity contribution in [2.75, 3.05) is 36.9 Å². The van der Waals surface area contributed by atoms with Gasteiger partial charge in [-0.2, -0.15) is 4.31 Å². The molecule has 1 fully saturated rings. The van der Waals surface area contributed by atoms with Crippen molar-refractivity contribution in [1.29, 1.82) is 0 Å². The zero-order valence-corrected chi connectivity index (χ0v) is 22.0. The van der Waals surface area contributed by atoms with Crippen molar-refractivity contribution in [3.8, 4) is 11.4 Å². The number of rotatable bonds is 5. The Kier molecular flexibility index (Phi) is 7.54. The molecule has 0 radical (unpaired) electrons. The number of nitrogens with zero attached hydrogens (tertiary/aromatic N) is 4. The lowest BCUT2D eigenvalue weighted by atomic mass is 10.2. The molecular formula is C24H27ClN6O3S2. The van der Waals surface area contributed by atoms with E-state index < -0.39 is 10.0 Å². The van der Waals surface area contributed by atoms with E-state index in [0.717, 1.165) is 48.7 Å². The highest BCUT2D eigenvalue weighted by molar-refractivity contribution is 7.89. The number of benzene rings is 2. The predicted octanol–water partition coefficient (Wildman–Crippen LogP) is 4.15. The van der Waals surface area contributed by atoms with Crippen LogP contribution in [0.5, 0.6) is 0 Å². The van der Waals surface area contributed by atoms with Gasteiger partial charge < -0.3 is 19.9 Å². The molecule has 3 aromatic rings. The molecule has 0 saturated carbocycles. The fourth-order valence-corrected chi connectivity index (χ4v) is 6.21. The van der Waals surface area contributed by atoms with Gasteiger partial charge in [-0.05, 0) is 67.5 Å². The van der Waals surface area contributed by atoms with Gasteiger partial charge >= 0.3 is 0 Å². The summed E-state index contributed by atoms with van der Waals surface area (Å²) < 4.78 is 34.9. The molecule has 36 heavy (non-hydrogen) atoms. The van der Waals surface area contributed by atoms with Gasteiger partial charge in [0.15, 0.2) is 10.9 Å². The Balaban J connectivity index is 1.27. The van der Waals surface area contributed by atoms with Crippen molar-refractivity contribution in [1.82, 2.24) is 19.1 Å². The maximum Gasteiger partial charge on any atom is 0.243 e. The zero-order chi connectivity index (χ0) is 25.1. The van der Waals surface area contributed by atoms with E-state index in [4.69, 9.17) is 28.6 Å². The molecule has 190 valence electrons. The van der Waals surface area contributed by atoms with Gasteiger partial charge in [-0.25, -0.2) is 8.42 Å². The minimum atomic E-state index is -3.65. The largest absolute Gasteiger partial charge is 0.379 e. The van der Waals surface area contributed by atoms with Crippen molar-refractivity contribution in [3.05, 3.63) is 53.3 Å². The zero-order valence-electron chi connectivity index (χ0n) is 19.6. The van der Waals surface area contributed by atoms with Crippen LogP contribution in [0.15, 0.2) is 47.4 Å². The number of aromatic nitrogens is 3. The molecule has 0 atom stereocenters. The highest BCUT2D eigenvalue weighted by atomic mass is 35.5. The summed E-state index contributed by atoms with van der Waals surface area (Å²) in [6.45, 7) is 2.34. The molecule has 5 rings (SSSR count). The third-order valence-corrected chi connectivity index (χ3v) is 8.73. The number of aryl methyl sites for hydroxylation is 1. The molecule has 0 unspecified atom stereocenters. The van der Waals surface area contributed by atoms with Crippen LogP contribution in [0.3, 0.4) is 0 Å². The Labute approximate surface area is 220 Å². The number of hydrogen-bond acceptors (Lipinski definition) is 6. The second kappa shape index (κ2) is 10.8. The number of nitrogens with one attached hydrogen (secondary N) is 2. The monoisotopic (exact) mass is 546 g/mol. The fraction of sp³-hybridized carbons (Fsp3) is 0.375.